The van der Waals surface area contributed by atoms with Crippen LogP contribution >= 0.6 is 0 Å². The fraction of sp³-hybridized carbons (Fsp3) is 0.333. The lowest BCUT2D eigenvalue weighted by molar-refractivity contribution is -0.140. The second-order valence-corrected chi connectivity index (χ2v) is 8.21. The third kappa shape index (κ3) is 4.47. The first kappa shape index (κ1) is 21.9. The minimum absolute atomic E-state index is 0.0786. The van der Waals surface area contributed by atoms with Crippen molar-refractivity contribution in [1.82, 2.24) is 5.32 Å². The highest BCUT2D eigenvalue weighted by atomic mass is 16.5. The Morgan fingerprint density at radius 1 is 1.06 bits per heavy atom. The molecule has 0 radical (unpaired) electrons. The summed E-state index contributed by atoms with van der Waals surface area (Å²) in [6.45, 7) is 4.68. The average molecular weight is 432 g/mol. The predicted octanol–water partition coefficient (Wildman–Crippen LogP) is 5.19. The Hall–Kier alpha value is -3.34. The number of carbonyl (C=O) groups excluding carboxylic acids is 2. The molecule has 32 heavy (non-hydrogen) atoms. The molecule has 5 heteroatoms. The summed E-state index contributed by atoms with van der Waals surface area (Å²) >= 11 is 0. The van der Waals surface area contributed by atoms with Gasteiger partial charge in [0, 0.05) is 29.0 Å². The number of rotatable bonds is 7. The van der Waals surface area contributed by atoms with Crippen molar-refractivity contribution >= 4 is 11.8 Å². The molecule has 2 aliphatic rings. The number of nitrogens with one attached hydrogen (secondary N) is 1. The largest absolute Gasteiger partial charge is 0.493 e. The molecule has 0 amide bonds. The van der Waals surface area contributed by atoms with Crippen LogP contribution in [0.2, 0.25) is 0 Å². The van der Waals surface area contributed by atoms with E-state index in [1.807, 2.05) is 61.5 Å². The zero-order valence-corrected chi connectivity index (χ0v) is 18.6. The summed E-state index contributed by atoms with van der Waals surface area (Å²) in [5, 5.41) is 3.34. The van der Waals surface area contributed by atoms with E-state index in [0.717, 1.165) is 41.8 Å². The molecule has 0 bridgehead atoms. The number of ether oxygens (including phenoxy) is 2. The summed E-state index contributed by atoms with van der Waals surface area (Å²) in [4.78, 5) is 26.5. The van der Waals surface area contributed by atoms with Crippen LogP contribution in [-0.4, -0.2) is 18.4 Å². The Balaban J connectivity index is 1.74. The normalized spacial score (nSPS) is 18.2. The summed E-state index contributed by atoms with van der Waals surface area (Å²) < 4.78 is 11.7. The van der Waals surface area contributed by atoms with Crippen LogP contribution in [0.3, 0.4) is 0 Å². The van der Waals surface area contributed by atoms with Crippen molar-refractivity contribution in [3.63, 3.8) is 0 Å². The molecule has 1 atom stereocenters. The molecule has 2 aromatic carbocycles. The molecule has 4 rings (SSSR count). The van der Waals surface area contributed by atoms with Gasteiger partial charge < -0.3 is 14.8 Å². The summed E-state index contributed by atoms with van der Waals surface area (Å²) in [5.74, 6) is -0.142. The number of hydrogen-bond acceptors (Lipinski definition) is 5. The maximum absolute atomic E-state index is 13.4. The lowest BCUT2D eigenvalue weighted by atomic mass is 9.75. The first-order valence-electron chi connectivity index (χ1n) is 11.3. The van der Waals surface area contributed by atoms with Crippen molar-refractivity contribution < 1.29 is 19.1 Å². The lowest BCUT2D eigenvalue weighted by Crippen LogP contribution is -2.34. The van der Waals surface area contributed by atoms with Gasteiger partial charge in [0.1, 0.15) is 12.4 Å². The van der Waals surface area contributed by atoms with Crippen molar-refractivity contribution in [2.45, 2.75) is 52.1 Å². The quantitative estimate of drug-likeness (QED) is 0.612. The Labute approximate surface area is 189 Å². The van der Waals surface area contributed by atoms with Gasteiger partial charge in [-0.05, 0) is 37.8 Å². The van der Waals surface area contributed by atoms with Crippen LogP contribution in [0.4, 0.5) is 0 Å². The van der Waals surface area contributed by atoms with E-state index >= 15 is 0 Å². The molecule has 1 aliphatic heterocycles. The van der Waals surface area contributed by atoms with Gasteiger partial charge in [0.15, 0.2) is 5.78 Å². The van der Waals surface area contributed by atoms with Gasteiger partial charge in [0.2, 0.25) is 0 Å². The van der Waals surface area contributed by atoms with Crippen LogP contribution < -0.4 is 10.1 Å². The number of allylic oxidation sites excluding steroid dienone is 3. The van der Waals surface area contributed by atoms with E-state index in [1.165, 1.54) is 0 Å². The van der Waals surface area contributed by atoms with E-state index in [1.54, 1.807) is 0 Å². The molecule has 0 fully saturated rings. The summed E-state index contributed by atoms with van der Waals surface area (Å²) in [5.41, 5.74) is 4.53. The van der Waals surface area contributed by atoms with E-state index in [0.29, 0.717) is 29.9 Å². The van der Waals surface area contributed by atoms with Crippen LogP contribution in [0, 0.1) is 0 Å². The van der Waals surface area contributed by atoms with E-state index in [2.05, 4.69) is 12.2 Å². The van der Waals surface area contributed by atoms with Crippen molar-refractivity contribution in [1.29, 1.82) is 0 Å². The highest BCUT2D eigenvalue weighted by Crippen LogP contribution is 2.45. The van der Waals surface area contributed by atoms with E-state index in [4.69, 9.17) is 9.47 Å². The fourth-order valence-corrected chi connectivity index (χ4v) is 4.43. The molecule has 0 saturated carbocycles. The zero-order valence-electron chi connectivity index (χ0n) is 18.6. The smallest absolute Gasteiger partial charge is 0.337 e. The van der Waals surface area contributed by atoms with Crippen molar-refractivity contribution in [2.24, 2.45) is 0 Å². The Kier molecular flexibility index (Phi) is 6.74. The second kappa shape index (κ2) is 9.86. The van der Waals surface area contributed by atoms with Gasteiger partial charge >= 0.3 is 5.97 Å². The van der Waals surface area contributed by atoms with Gasteiger partial charge in [0.25, 0.3) is 0 Å². The number of Topliss-reactive ketones (excluding diaryl/α,β-unsaturated/α-hetero) is 1. The Bertz CT molecular complexity index is 1070. The molecule has 5 nitrogen and oxygen atoms in total. The summed E-state index contributed by atoms with van der Waals surface area (Å²) in [6, 6.07) is 17.3. The van der Waals surface area contributed by atoms with Crippen molar-refractivity contribution in [3.05, 3.63) is 88.3 Å². The minimum atomic E-state index is -0.504. The van der Waals surface area contributed by atoms with Gasteiger partial charge in [-0.1, -0.05) is 55.5 Å². The first-order valence-corrected chi connectivity index (χ1v) is 11.3. The number of dihydropyridines is 1. The number of esters is 1. The fourth-order valence-electron chi connectivity index (χ4n) is 4.43. The standard InChI is InChI=1S/C27H29NO4/c1-3-16-31-23-15-8-7-12-20(23)25-24(27(30)32-17-19-10-5-4-6-11-19)18(2)28-21-13-9-14-22(29)26(21)25/h4-8,10-12,15,25,28H,3,9,13-14,16-17H2,1-2H3/t25-/m0/s1. The number of hydrogen-bond donors (Lipinski definition) is 1. The van der Waals surface area contributed by atoms with Gasteiger partial charge in [0.05, 0.1) is 18.1 Å². The number of para-hydroxylation sites is 1. The molecular formula is C27H29NO4. The van der Waals surface area contributed by atoms with Crippen molar-refractivity contribution in [2.75, 3.05) is 6.61 Å². The van der Waals surface area contributed by atoms with E-state index in [-0.39, 0.29) is 12.4 Å². The van der Waals surface area contributed by atoms with Crippen LogP contribution in [-0.2, 0) is 20.9 Å². The summed E-state index contributed by atoms with van der Waals surface area (Å²) in [6.07, 6.45) is 2.96. The second-order valence-electron chi connectivity index (χ2n) is 8.21. The van der Waals surface area contributed by atoms with Gasteiger partial charge in [-0.3, -0.25) is 4.79 Å². The molecular weight excluding hydrogens is 402 g/mol. The van der Waals surface area contributed by atoms with Crippen molar-refractivity contribution in [3.8, 4) is 5.75 Å². The number of benzene rings is 2. The molecule has 2 aromatic rings. The highest BCUT2D eigenvalue weighted by Gasteiger charge is 2.40. The topological polar surface area (TPSA) is 64.6 Å². The van der Waals surface area contributed by atoms with Crippen LogP contribution in [0.15, 0.2) is 77.1 Å². The van der Waals surface area contributed by atoms with Gasteiger partial charge in [-0.25, -0.2) is 4.79 Å². The van der Waals surface area contributed by atoms with Crippen LogP contribution in [0.5, 0.6) is 5.75 Å². The Morgan fingerprint density at radius 3 is 2.59 bits per heavy atom. The maximum Gasteiger partial charge on any atom is 0.337 e. The van der Waals surface area contributed by atoms with E-state index in [9.17, 15) is 9.59 Å². The number of carbonyl (C=O) groups is 2. The third-order valence-corrected chi connectivity index (χ3v) is 5.90. The molecule has 0 saturated heterocycles. The molecule has 166 valence electrons. The monoisotopic (exact) mass is 431 g/mol. The van der Waals surface area contributed by atoms with Crippen LogP contribution in [0.1, 0.15) is 56.6 Å². The molecule has 0 spiro atoms. The average Bonchev–Trinajstić information content (AvgIpc) is 2.81. The molecule has 1 aliphatic carbocycles. The minimum Gasteiger partial charge on any atom is -0.493 e. The van der Waals surface area contributed by atoms with Gasteiger partial charge in [-0.15, -0.1) is 0 Å². The molecule has 0 aromatic heterocycles. The lowest BCUT2D eigenvalue weighted by Gasteiger charge is -2.34. The SMILES string of the molecule is CCCOc1ccccc1[C@H]1C(C(=O)OCc2ccccc2)=C(C)NC2=C1C(=O)CCC2. The van der Waals surface area contributed by atoms with Crippen LogP contribution in [0.25, 0.3) is 0 Å². The molecule has 1 N–H and O–H groups in total. The zero-order chi connectivity index (χ0) is 22.5. The maximum atomic E-state index is 13.4. The Morgan fingerprint density at radius 2 is 1.81 bits per heavy atom. The third-order valence-electron chi connectivity index (χ3n) is 5.90. The van der Waals surface area contributed by atoms with E-state index < -0.39 is 11.9 Å². The summed E-state index contributed by atoms with van der Waals surface area (Å²) in [7, 11) is 0. The predicted molar refractivity (Wildman–Crippen MR) is 123 cm³/mol. The molecule has 1 heterocycles. The molecule has 0 unspecified atom stereocenters. The highest BCUT2D eigenvalue weighted by molar-refractivity contribution is 6.04. The first-order chi connectivity index (χ1) is 15.6. The van der Waals surface area contributed by atoms with Gasteiger partial charge in [-0.2, -0.15) is 0 Å². The number of ketones is 1.